The SMILES string of the molecule is CN(CCCc1ccc(OCC(=O)COc2ccc(C(=O)O)cc2)cc1)CC(c1ccc(Cl)cc1)c1ccc(Cl)cc1. The van der Waals surface area contributed by atoms with Gasteiger partial charge in [0, 0.05) is 22.5 Å². The molecule has 0 unspecified atom stereocenters. The number of ether oxygens (including phenoxy) is 2. The van der Waals surface area contributed by atoms with Crippen LogP contribution in [0, 0.1) is 0 Å². The first kappa shape index (κ1) is 31.1. The zero-order chi connectivity index (χ0) is 29.9. The largest absolute Gasteiger partial charge is 0.486 e. The summed E-state index contributed by atoms with van der Waals surface area (Å²) < 4.78 is 11.0. The number of hydrogen-bond acceptors (Lipinski definition) is 5. The molecule has 8 heteroatoms. The summed E-state index contributed by atoms with van der Waals surface area (Å²) in [4.78, 5) is 25.4. The van der Waals surface area contributed by atoms with Gasteiger partial charge < -0.3 is 19.5 Å². The Labute approximate surface area is 256 Å². The second-order valence-corrected chi connectivity index (χ2v) is 11.0. The number of rotatable bonds is 15. The van der Waals surface area contributed by atoms with E-state index in [1.807, 2.05) is 48.5 Å². The zero-order valence-corrected chi connectivity index (χ0v) is 24.9. The predicted octanol–water partition coefficient (Wildman–Crippen LogP) is 7.42. The van der Waals surface area contributed by atoms with Crippen molar-refractivity contribution in [2.45, 2.75) is 18.8 Å². The van der Waals surface area contributed by atoms with Crippen molar-refractivity contribution in [2.75, 3.05) is 33.4 Å². The Balaban J connectivity index is 1.20. The van der Waals surface area contributed by atoms with Gasteiger partial charge in [-0.15, -0.1) is 0 Å². The molecule has 0 bridgehead atoms. The molecule has 0 aliphatic rings. The van der Waals surface area contributed by atoms with Gasteiger partial charge in [-0.2, -0.15) is 0 Å². The molecule has 0 amide bonds. The minimum absolute atomic E-state index is 0.111. The summed E-state index contributed by atoms with van der Waals surface area (Å²) in [5.41, 5.74) is 3.78. The number of halogens is 2. The van der Waals surface area contributed by atoms with Gasteiger partial charge in [-0.25, -0.2) is 4.79 Å². The number of carbonyl (C=O) groups excluding carboxylic acids is 1. The molecule has 0 aliphatic heterocycles. The number of likely N-dealkylation sites (N-methyl/N-ethyl adjacent to an activating group) is 1. The zero-order valence-electron chi connectivity index (χ0n) is 23.3. The summed E-state index contributed by atoms with van der Waals surface area (Å²) in [6.45, 7) is 1.53. The molecule has 4 aromatic carbocycles. The molecule has 4 rings (SSSR count). The number of carboxylic acid groups (broad SMARTS) is 1. The summed E-state index contributed by atoms with van der Waals surface area (Å²) in [6.07, 6.45) is 1.92. The molecule has 0 atom stereocenters. The third kappa shape index (κ3) is 9.62. The maximum absolute atomic E-state index is 12.2. The first-order valence-electron chi connectivity index (χ1n) is 13.7. The highest BCUT2D eigenvalue weighted by atomic mass is 35.5. The Hall–Kier alpha value is -3.84. The summed E-state index contributed by atoms with van der Waals surface area (Å²) in [5.74, 6) is 0.00196. The molecule has 42 heavy (non-hydrogen) atoms. The van der Waals surface area contributed by atoms with Crippen LogP contribution in [-0.2, 0) is 11.2 Å². The van der Waals surface area contributed by atoms with Gasteiger partial charge >= 0.3 is 5.97 Å². The van der Waals surface area contributed by atoms with Crippen LogP contribution in [0.1, 0.15) is 39.4 Å². The smallest absolute Gasteiger partial charge is 0.335 e. The van der Waals surface area contributed by atoms with Gasteiger partial charge in [0.05, 0.1) is 5.56 Å². The van der Waals surface area contributed by atoms with Crippen molar-refractivity contribution in [3.63, 3.8) is 0 Å². The maximum atomic E-state index is 12.2. The van der Waals surface area contributed by atoms with Crippen molar-refractivity contribution in [2.24, 2.45) is 0 Å². The van der Waals surface area contributed by atoms with E-state index in [1.165, 1.54) is 41.0 Å². The first-order chi connectivity index (χ1) is 20.3. The minimum atomic E-state index is -1.02. The van der Waals surface area contributed by atoms with E-state index in [2.05, 4.69) is 36.2 Å². The van der Waals surface area contributed by atoms with Crippen LogP contribution in [-0.4, -0.2) is 55.1 Å². The van der Waals surface area contributed by atoms with Gasteiger partial charge in [0.25, 0.3) is 0 Å². The second kappa shape index (κ2) is 15.4. The number of hydrogen-bond donors (Lipinski definition) is 1. The van der Waals surface area contributed by atoms with Crippen molar-refractivity contribution >= 4 is 35.0 Å². The average Bonchev–Trinajstić information content (AvgIpc) is 2.99. The van der Waals surface area contributed by atoms with Crippen LogP contribution in [0.2, 0.25) is 10.0 Å². The van der Waals surface area contributed by atoms with Crippen LogP contribution in [0.3, 0.4) is 0 Å². The quantitative estimate of drug-likeness (QED) is 0.152. The fourth-order valence-corrected chi connectivity index (χ4v) is 4.82. The van der Waals surface area contributed by atoms with E-state index < -0.39 is 5.97 Å². The molecule has 0 saturated carbocycles. The lowest BCUT2D eigenvalue weighted by molar-refractivity contribution is -0.123. The van der Waals surface area contributed by atoms with Crippen LogP contribution in [0.15, 0.2) is 97.1 Å². The van der Waals surface area contributed by atoms with Gasteiger partial charge in [-0.05, 0) is 104 Å². The predicted molar refractivity (Wildman–Crippen MR) is 166 cm³/mol. The molecule has 4 aromatic rings. The molecule has 0 saturated heterocycles. The van der Waals surface area contributed by atoms with Crippen LogP contribution in [0.4, 0.5) is 0 Å². The lowest BCUT2D eigenvalue weighted by Crippen LogP contribution is -2.26. The Morgan fingerprint density at radius 1 is 0.738 bits per heavy atom. The molecule has 0 spiro atoms. The van der Waals surface area contributed by atoms with Crippen LogP contribution in [0.25, 0.3) is 0 Å². The van der Waals surface area contributed by atoms with Gasteiger partial charge in [-0.3, -0.25) is 4.79 Å². The second-order valence-electron chi connectivity index (χ2n) is 10.1. The number of aryl methyl sites for hydroxylation is 1. The highest BCUT2D eigenvalue weighted by Gasteiger charge is 2.17. The standard InChI is InChI=1S/C34H33Cl2NO5/c1-37(21-33(25-6-12-28(35)13-7-25)26-8-14-29(36)15-9-26)20-2-3-24-4-16-31(17-5-24)41-22-30(38)23-42-32-18-10-27(11-19-32)34(39)40/h4-19,33H,2-3,20-23H2,1H3,(H,39,40). The Morgan fingerprint density at radius 2 is 1.21 bits per heavy atom. The third-order valence-corrected chi connectivity index (χ3v) is 7.37. The van der Waals surface area contributed by atoms with Crippen LogP contribution < -0.4 is 9.47 Å². The number of carbonyl (C=O) groups is 2. The van der Waals surface area contributed by atoms with E-state index in [9.17, 15) is 9.59 Å². The van der Waals surface area contributed by atoms with Gasteiger partial charge in [0.1, 0.15) is 24.7 Å². The van der Waals surface area contributed by atoms with Crippen LogP contribution >= 0.6 is 23.2 Å². The third-order valence-electron chi connectivity index (χ3n) is 6.87. The topological polar surface area (TPSA) is 76.1 Å². The molecular weight excluding hydrogens is 573 g/mol. The molecule has 0 heterocycles. The van der Waals surface area contributed by atoms with E-state index in [4.69, 9.17) is 37.8 Å². The summed E-state index contributed by atoms with van der Waals surface area (Å²) >= 11 is 12.3. The van der Waals surface area contributed by atoms with Crippen molar-refractivity contribution in [1.29, 1.82) is 0 Å². The minimum Gasteiger partial charge on any atom is -0.486 e. The molecule has 0 aromatic heterocycles. The number of benzene rings is 4. The number of carboxylic acids is 1. The van der Waals surface area contributed by atoms with Crippen molar-refractivity contribution < 1.29 is 24.2 Å². The van der Waals surface area contributed by atoms with Crippen LogP contribution in [0.5, 0.6) is 11.5 Å². The summed E-state index contributed by atoms with van der Waals surface area (Å²) in [7, 11) is 2.14. The lowest BCUT2D eigenvalue weighted by atomic mass is 9.91. The van der Waals surface area contributed by atoms with E-state index in [1.54, 1.807) is 0 Å². The van der Waals surface area contributed by atoms with Gasteiger partial charge in [0.15, 0.2) is 0 Å². The number of nitrogens with zero attached hydrogens (tertiary/aromatic N) is 1. The van der Waals surface area contributed by atoms with Crippen molar-refractivity contribution in [3.8, 4) is 11.5 Å². The maximum Gasteiger partial charge on any atom is 0.335 e. The normalized spacial score (nSPS) is 11.1. The fourth-order valence-electron chi connectivity index (χ4n) is 4.56. The highest BCUT2D eigenvalue weighted by molar-refractivity contribution is 6.30. The molecule has 0 fully saturated rings. The molecule has 6 nitrogen and oxygen atoms in total. The van der Waals surface area contributed by atoms with Crippen molar-refractivity contribution in [3.05, 3.63) is 129 Å². The van der Waals surface area contributed by atoms with Crippen molar-refractivity contribution in [1.82, 2.24) is 4.90 Å². The number of ketones is 1. The Morgan fingerprint density at radius 3 is 1.69 bits per heavy atom. The highest BCUT2D eigenvalue weighted by Crippen LogP contribution is 2.28. The Bertz CT molecular complexity index is 1390. The molecular formula is C34H33Cl2NO5. The first-order valence-corrected chi connectivity index (χ1v) is 14.4. The Kier molecular flexibility index (Phi) is 11.4. The van der Waals surface area contributed by atoms with E-state index in [0.717, 1.165) is 36.0 Å². The molecule has 0 aliphatic carbocycles. The van der Waals surface area contributed by atoms with Gasteiger partial charge in [-0.1, -0.05) is 59.6 Å². The van der Waals surface area contributed by atoms with E-state index in [-0.39, 0.29) is 30.5 Å². The summed E-state index contributed by atoms with van der Waals surface area (Å²) in [6, 6.07) is 29.7. The fraction of sp³-hybridized carbons (Fsp3) is 0.235. The summed E-state index contributed by atoms with van der Waals surface area (Å²) in [5, 5.41) is 10.4. The molecule has 218 valence electrons. The number of Topliss-reactive ketones (excluding diaryl/α,β-unsaturated/α-hetero) is 1. The lowest BCUT2D eigenvalue weighted by Gasteiger charge is -2.25. The van der Waals surface area contributed by atoms with E-state index >= 15 is 0 Å². The van der Waals surface area contributed by atoms with Gasteiger partial charge in [0.2, 0.25) is 5.78 Å². The monoisotopic (exact) mass is 605 g/mol. The molecule has 0 radical (unpaired) electrons. The molecule has 1 N–H and O–H groups in total. The van der Waals surface area contributed by atoms with E-state index in [0.29, 0.717) is 11.5 Å². The number of aromatic carboxylic acids is 1. The average molecular weight is 607 g/mol.